The largest absolute Gasteiger partial charge is 0.392 e. The van der Waals surface area contributed by atoms with Crippen molar-refractivity contribution in [2.45, 2.75) is 38.5 Å². The number of aryl methyl sites for hydroxylation is 1. The zero-order valence-corrected chi connectivity index (χ0v) is 12.9. The molecule has 1 aromatic rings. The zero-order chi connectivity index (χ0) is 13.8. The minimum atomic E-state index is 0.0101. The molecule has 1 atom stereocenters. The molecule has 1 aromatic heterocycles. The Morgan fingerprint density at radius 2 is 2.42 bits per heavy atom. The van der Waals surface area contributed by atoms with E-state index in [1.54, 1.807) is 11.3 Å². The van der Waals surface area contributed by atoms with E-state index in [4.69, 9.17) is 18.0 Å². The number of carbonyl (C=O) groups is 1. The molecule has 0 saturated carbocycles. The molecule has 5 heteroatoms. The minimum absolute atomic E-state index is 0.0101. The number of rotatable bonds is 5. The van der Waals surface area contributed by atoms with Gasteiger partial charge in [0.05, 0.1) is 17.5 Å². The van der Waals surface area contributed by atoms with E-state index in [1.807, 2.05) is 4.90 Å². The van der Waals surface area contributed by atoms with Crippen LogP contribution in [0, 0.1) is 0 Å². The maximum atomic E-state index is 12.7. The minimum Gasteiger partial charge on any atom is -0.392 e. The molecule has 2 rings (SSSR count). The number of nitrogens with zero attached hydrogens (tertiary/aromatic N) is 1. The summed E-state index contributed by atoms with van der Waals surface area (Å²) in [7, 11) is 0. The number of thiocarbonyl (C=S) groups is 1. The van der Waals surface area contributed by atoms with Crippen LogP contribution in [0.5, 0.6) is 0 Å². The summed E-state index contributed by atoms with van der Waals surface area (Å²) >= 11 is 6.72. The number of carbonyl (C=O) groups excluding carboxylic acids is 1. The Morgan fingerprint density at radius 1 is 1.63 bits per heavy atom. The lowest BCUT2D eigenvalue weighted by molar-refractivity contribution is -0.132. The Labute approximate surface area is 123 Å². The highest BCUT2D eigenvalue weighted by atomic mass is 32.1. The normalized spacial score (nSPS) is 17.8. The van der Waals surface area contributed by atoms with E-state index in [9.17, 15) is 4.79 Å². The van der Waals surface area contributed by atoms with E-state index >= 15 is 0 Å². The summed E-state index contributed by atoms with van der Waals surface area (Å²) in [5, 5.41) is 2.09. The van der Waals surface area contributed by atoms with E-state index in [2.05, 4.69) is 18.4 Å². The highest BCUT2D eigenvalue weighted by Gasteiger charge is 2.30. The van der Waals surface area contributed by atoms with Gasteiger partial charge in [-0.05, 0) is 42.7 Å². The van der Waals surface area contributed by atoms with E-state index in [0.29, 0.717) is 11.5 Å². The number of hydrogen-bond donors (Lipinski definition) is 1. The van der Waals surface area contributed by atoms with Crippen molar-refractivity contribution in [3.8, 4) is 0 Å². The number of fused-ring (bicyclic) bond motifs is 1. The smallest absolute Gasteiger partial charge is 0.230 e. The molecule has 2 N–H and O–H groups in total. The van der Waals surface area contributed by atoms with Crippen molar-refractivity contribution in [1.82, 2.24) is 4.90 Å². The third kappa shape index (κ3) is 3.34. The Hall–Kier alpha value is -0.940. The van der Waals surface area contributed by atoms with Gasteiger partial charge in [-0.15, -0.1) is 11.3 Å². The van der Waals surface area contributed by atoms with Gasteiger partial charge in [0.25, 0.3) is 0 Å². The van der Waals surface area contributed by atoms with Gasteiger partial charge >= 0.3 is 0 Å². The second kappa shape index (κ2) is 6.48. The van der Waals surface area contributed by atoms with Crippen molar-refractivity contribution in [2.24, 2.45) is 5.73 Å². The molecule has 19 heavy (non-hydrogen) atoms. The van der Waals surface area contributed by atoms with Crippen molar-refractivity contribution < 1.29 is 4.79 Å². The van der Waals surface area contributed by atoms with Crippen LogP contribution in [-0.4, -0.2) is 28.9 Å². The van der Waals surface area contributed by atoms with Gasteiger partial charge in [-0.3, -0.25) is 4.79 Å². The van der Waals surface area contributed by atoms with Gasteiger partial charge in [0.2, 0.25) is 5.91 Å². The molecule has 0 radical (unpaired) electrons. The standard InChI is InChI=1S/C14H20N2OS2/c1-2-7-16(9-13(15)18)14(17)11-4-3-5-12-10(11)6-8-19-12/h6,8,11H,2-5,7,9H2,1H3,(H2,15,18). The molecule has 1 heterocycles. The van der Waals surface area contributed by atoms with Crippen LogP contribution in [-0.2, 0) is 11.2 Å². The molecule has 0 saturated heterocycles. The summed E-state index contributed by atoms with van der Waals surface area (Å²) in [5.74, 6) is 0.199. The first-order valence-electron chi connectivity index (χ1n) is 6.76. The molecule has 0 fully saturated rings. The van der Waals surface area contributed by atoms with Gasteiger partial charge in [0.1, 0.15) is 0 Å². The second-order valence-corrected chi connectivity index (χ2v) is 6.50. The number of hydrogen-bond acceptors (Lipinski definition) is 3. The van der Waals surface area contributed by atoms with Crippen LogP contribution < -0.4 is 5.73 Å². The highest BCUT2D eigenvalue weighted by Crippen LogP contribution is 2.36. The van der Waals surface area contributed by atoms with Gasteiger partial charge in [0, 0.05) is 11.4 Å². The van der Waals surface area contributed by atoms with Gasteiger partial charge in [-0.2, -0.15) is 0 Å². The van der Waals surface area contributed by atoms with Crippen LogP contribution in [0.1, 0.15) is 42.5 Å². The third-order valence-corrected chi connectivity index (χ3v) is 4.63. The Balaban J connectivity index is 2.16. The number of amides is 1. The number of thiophene rings is 1. The molecule has 0 aromatic carbocycles. The highest BCUT2D eigenvalue weighted by molar-refractivity contribution is 7.80. The van der Waals surface area contributed by atoms with E-state index in [1.165, 1.54) is 10.4 Å². The van der Waals surface area contributed by atoms with Crippen LogP contribution in [0.3, 0.4) is 0 Å². The second-order valence-electron chi connectivity index (χ2n) is 4.97. The molecule has 1 aliphatic carbocycles. The quantitative estimate of drug-likeness (QED) is 0.850. The molecule has 1 unspecified atom stereocenters. The summed E-state index contributed by atoms with van der Waals surface area (Å²) in [4.78, 5) is 16.3. The molecule has 104 valence electrons. The first-order valence-corrected chi connectivity index (χ1v) is 8.05. The molecule has 0 aliphatic heterocycles. The van der Waals surface area contributed by atoms with Crippen LogP contribution in [0.2, 0.25) is 0 Å². The van der Waals surface area contributed by atoms with E-state index < -0.39 is 0 Å². The molecule has 3 nitrogen and oxygen atoms in total. The van der Waals surface area contributed by atoms with Gasteiger partial charge in [-0.1, -0.05) is 19.1 Å². The Kier molecular flexibility index (Phi) is 4.93. The van der Waals surface area contributed by atoms with E-state index in [-0.39, 0.29) is 11.8 Å². The van der Waals surface area contributed by atoms with Crippen LogP contribution in [0.15, 0.2) is 11.4 Å². The van der Waals surface area contributed by atoms with Crippen molar-refractivity contribution >= 4 is 34.5 Å². The monoisotopic (exact) mass is 296 g/mol. The molecule has 1 aliphatic rings. The summed E-state index contributed by atoms with van der Waals surface area (Å²) in [6.45, 7) is 3.20. The molecule has 0 spiro atoms. The van der Waals surface area contributed by atoms with Gasteiger partial charge < -0.3 is 10.6 Å². The zero-order valence-electron chi connectivity index (χ0n) is 11.2. The van der Waals surface area contributed by atoms with Gasteiger partial charge in [0.15, 0.2) is 0 Å². The van der Waals surface area contributed by atoms with Crippen LogP contribution in [0.25, 0.3) is 0 Å². The number of nitrogens with two attached hydrogens (primary N) is 1. The maximum Gasteiger partial charge on any atom is 0.230 e. The van der Waals surface area contributed by atoms with E-state index in [0.717, 1.165) is 32.2 Å². The molecular formula is C14H20N2OS2. The SMILES string of the molecule is CCCN(CC(N)=S)C(=O)C1CCCc2sccc21. The lowest BCUT2D eigenvalue weighted by Crippen LogP contribution is -2.41. The Morgan fingerprint density at radius 3 is 3.11 bits per heavy atom. The molecular weight excluding hydrogens is 276 g/mol. The summed E-state index contributed by atoms with van der Waals surface area (Å²) in [6.07, 6.45) is 4.08. The van der Waals surface area contributed by atoms with Crippen LogP contribution in [0.4, 0.5) is 0 Å². The third-order valence-electron chi connectivity index (χ3n) is 3.50. The molecule has 0 bridgehead atoms. The molecule has 1 amide bonds. The van der Waals surface area contributed by atoms with Gasteiger partial charge in [-0.25, -0.2) is 0 Å². The maximum absolute atomic E-state index is 12.7. The fraction of sp³-hybridized carbons (Fsp3) is 0.571. The lowest BCUT2D eigenvalue weighted by atomic mass is 9.86. The summed E-state index contributed by atoms with van der Waals surface area (Å²) in [6, 6.07) is 2.10. The summed E-state index contributed by atoms with van der Waals surface area (Å²) in [5.41, 5.74) is 6.83. The Bertz CT molecular complexity index is 470. The average Bonchev–Trinajstić information content (AvgIpc) is 2.85. The van der Waals surface area contributed by atoms with Crippen molar-refractivity contribution in [2.75, 3.05) is 13.1 Å². The first kappa shape index (κ1) is 14.5. The summed E-state index contributed by atoms with van der Waals surface area (Å²) < 4.78 is 0. The average molecular weight is 296 g/mol. The predicted octanol–water partition coefficient (Wildman–Crippen LogP) is 2.69. The van der Waals surface area contributed by atoms with Crippen molar-refractivity contribution in [1.29, 1.82) is 0 Å². The fourth-order valence-electron chi connectivity index (χ4n) is 2.69. The lowest BCUT2D eigenvalue weighted by Gasteiger charge is -2.29. The van der Waals surface area contributed by atoms with Crippen molar-refractivity contribution in [3.05, 3.63) is 21.9 Å². The topological polar surface area (TPSA) is 46.3 Å². The first-order chi connectivity index (χ1) is 9.13. The van der Waals surface area contributed by atoms with Crippen molar-refractivity contribution in [3.63, 3.8) is 0 Å². The fourth-order valence-corrected chi connectivity index (χ4v) is 3.83. The van der Waals surface area contributed by atoms with Crippen LogP contribution >= 0.6 is 23.6 Å². The predicted molar refractivity (Wildman–Crippen MR) is 83.7 cm³/mol.